The van der Waals surface area contributed by atoms with Crippen LogP contribution in [0.15, 0.2) is 0 Å². The van der Waals surface area contributed by atoms with Crippen LogP contribution in [0.2, 0.25) is 0 Å². The summed E-state index contributed by atoms with van der Waals surface area (Å²) in [6, 6.07) is 0. The van der Waals surface area contributed by atoms with Crippen LogP contribution in [0.25, 0.3) is 0 Å². The average Bonchev–Trinajstić information content (AvgIpc) is 1.70. The second-order valence-electron chi connectivity index (χ2n) is 0.189. The summed E-state index contributed by atoms with van der Waals surface area (Å²) in [4.78, 5) is 0. The van der Waals surface area contributed by atoms with Crippen LogP contribution in [0.3, 0.4) is 0 Å². The van der Waals surface area contributed by atoms with Crippen molar-refractivity contribution < 1.29 is 61.9 Å². The van der Waals surface area contributed by atoms with Gasteiger partial charge in [-0.3, -0.25) is 0 Å². The van der Waals surface area contributed by atoms with Crippen molar-refractivity contribution in [3.05, 3.63) is 0 Å². The first-order valence-corrected chi connectivity index (χ1v) is 2.78. The third-order valence-electron chi connectivity index (χ3n) is 0. The maximum Gasteiger partial charge on any atom is 3.00 e. The first-order valence-electron chi connectivity index (χ1n) is 0.926. The minimum Gasteiger partial charge on any atom is -0.544 e. The smallest absolute Gasteiger partial charge is 0.544 e. The normalized spacial score (nSPS) is 5.40. The third kappa shape index (κ3) is 436. The van der Waals surface area contributed by atoms with E-state index in [9.17, 15) is 0 Å². The summed E-state index contributed by atoms with van der Waals surface area (Å²) in [7, 11) is 0. The van der Waals surface area contributed by atoms with E-state index >= 15 is 0 Å². The van der Waals surface area contributed by atoms with Crippen molar-refractivity contribution in [2.45, 2.75) is 0 Å². The zero-order valence-electron chi connectivity index (χ0n) is 4.03. The Hall–Kier alpha value is 1.19. The van der Waals surface area contributed by atoms with Crippen LogP contribution in [-0.2, 0) is 0 Å². The van der Waals surface area contributed by atoms with E-state index in [1.165, 1.54) is 0 Å². The van der Waals surface area contributed by atoms with Crippen molar-refractivity contribution in [3.63, 3.8) is 0 Å². The van der Waals surface area contributed by atoms with E-state index in [0.29, 0.717) is 0 Å². The van der Waals surface area contributed by atoms with Gasteiger partial charge in [0.1, 0.15) is 0 Å². The Kier molecular flexibility index (Phi) is 110. The molecule has 0 aromatic heterocycles. The molecule has 0 saturated carbocycles. The second-order valence-corrected chi connectivity index (χ2v) is 0.567. The van der Waals surface area contributed by atoms with Crippen LogP contribution >= 0.6 is 0 Å². The fraction of sp³-hybridized carbons (Fsp3) is 0. The Bertz CT molecular complexity index is 17.7. The van der Waals surface area contributed by atoms with Gasteiger partial charge in [-0.1, -0.05) is 0 Å². The minimum atomic E-state index is -0.417. The van der Waals surface area contributed by atoms with Gasteiger partial charge in [0.15, 0.2) is 0 Å². The average molecular weight is 277 g/mol. The van der Waals surface area contributed by atoms with Crippen molar-refractivity contribution in [2.75, 3.05) is 0 Å². The predicted molar refractivity (Wildman–Crippen MR) is 5.75 cm³/mol. The van der Waals surface area contributed by atoms with E-state index in [1.54, 1.807) is 0 Å². The molecule has 10 heavy (non-hydrogen) atoms. The molecule has 62 valence electrons. The summed E-state index contributed by atoms with van der Waals surface area (Å²) >= 11 is -1.25. The van der Waals surface area contributed by atoms with Crippen LogP contribution in [0.5, 0.6) is 0 Å². The molecule has 10 heteroatoms. The number of rotatable bonds is 0. The maximum atomic E-state index is 8.24. The van der Waals surface area contributed by atoms with Gasteiger partial charge in [0.25, 0.3) is 0 Å². The van der Waals surface area contributed by atoms with E-state index in [0.717, 1.165) is 0 Å². The van der Waals surface area contributed by atoms with Gasteiger partial charge in [-0.15, -0.1) is 0 Å². The molecule has 0 aliphatic heterocycles. The number of hydrogen-bond donors (Lipinski definition) is 0. The molecule has 0 atom stereocenters. The Morgan fingerprint density at radius 1 is 0.500 bits per heavy atom. The van der Waals surface area contributed by atoms with E-state index < -0.39 is 34.0 Å². The maximum absolute atomic E-state index is 8.24. The van der Waals surface area contributed by atoms with Crippen LogP contribution in [0, 0.1) is 34.0 Å². The minimum absolute atomic E-state index is 0. The molecule has 0 aliphatic carbocycles. The standard InChI is InChI=1S/As.3ClO2/c;3*2-1-3/q+3;3*-1. The second kappa shape index (κ2) is 49.0. The van der Waals surface area contributed by atoms with Gasteiger partial charge in [-0.2, -0.15) is 0 Å². The molecule has 0 heterocycles. The van der Waals surface area contributed by atoms with Gasteiger partial charge in [-0.05, 0) is 0 Å². The van der Waals surface area contributed by atoms with Gasteiger partial charge < -0.3 is 28.0 Å². The van der Waals surface area contributed by atoms with Crippen molar-refractivity contribution in [1.82, 2.24) is 0 Å². The van der Waals surface area contributed by atoms with Crippen LogP contribution in [-0.4, -0.2) is 18.0 Å². The topological polar surface area (TPSA) is 138 Å². The molecule has 0 N–H and O–H groups in total. The van der Waals surface area contributed by atoms with Gasteiger partial charge in [-0.25, -0.2) is 0 Å². The van der Waals surface area contributed by atoms with Gasteiger partial charge in [0, 0.05) is 0 Å². The summed E-state index contributed by atoms with van der Waals surface area (Å²) in [6.07, 6.45) is 0. The first-order chi connectivity index (χ1) is 4.24. The van der Waals surface area contributed by atoms with Crippen molar-refractivity contribution in [3.8, 4) is 0 Å². The molecule has 0 aliphatic rings. The Morgan fingerprint density at radius 3 is 0.500 bits per heavy atom. The molecule has 0 unspecified atom stereocenters. The van der Waals surface area contributed by atoms with Gasteiger partial charge in [0.05, 0.1) is 34.0 Å². The Labute approximate surface area is 80.0 Å². The molecule has 2 radical (unpaired) electrons. The summed E-state index contributed by atoms with van der Waals surface area (Å²) in [5, 5.41) is 0. The Balaban J connectivity index is -0.0000000257. The van der Waals surface area contributed by atoms with Crippen molar-refractivity contribution >= 4 is 18.0 Å². The molecule has 0 aromatic carbocycles. The van der Waals surface area contributed by atoms with Crippen LogP contribution < -0.4 is 28.0 Å². The molecule has 6 nitrogen and oxygen atoms in total. The molecule has 0 fully saturated rings. The van der Waals surface area contributed by atoms with E-state index in [-0.39, 0.29) is 18.0 Å². The Morgan fingerprint density at radius 2 is 0.500 bits per heavy atom. The predicted octanol–water partition coefficient (Wildman–Crippen LogP) is -7.51. The zero-order chi connectivity index (χ0) is 8.12. The SMILES string of the molecule is [As+3].[O-][Cl+][O-].[O-][Cl+][O-].[O-][Cl+][O-]. The summed E-state index contributed by atoms with van der Waals surface area (Å²) < 4.78 is 49.4. The van der Waals surface area contributed by atoms with E-state index in [4.69, 9.17) is 28.0 Å². The monoisotopic (exact) mass is 276 g/mol. The molecule has 0 spiro atoms. The van der Waals surface area contributed by atoms with E-state index in [1.807, 2.05) is 0 Å². The molecular formula is AsCl3O6. The van der Waals surface area contributed by atoms with Crippen molar-refractivity contribution in [2.24, 2.45) is 0 Å². The zero-order valence-corrected chi connectivity index (χ0v) is 8.17. The first kappa shape index (κ1) is 22.5. The van der Waals surface area contributed by atoms with Gasteiger partial charge in [0.2, 0.25) is 0 Å². The summed E-state index contributed by atoms with van der Waals surface area (Å²) in [5.41, 5.74) is 0. The number of hydrogen-bond acceptors (Lipinski definition) is 6. The molecule has 0 saturated heterocycles. The molecule has 0 amide bonds. The molecule has 0 rings (SSSR count). The molecular weight excluding hydrogens is 277 g/mol. The van der Waals surface area contributed by atoms with E-state index in [2.05, 4.69) is 0 Å². The molecule has 0 bridgehead atoms. The number of halogens is 3. The quantitative estimate of drug-likeness (QED) is 0.403. The fourth-order valence-electron chi connectivity index (χ4n) is 0. The summed E-state index contributed by atoms with van der Waals surface area (Å²) in [6.45, 7) is 0. The largest absolute Gasteiger partial charge is 3.00 e. The van der Waals surface area contributed by atoms with Gasteiger partial charge >= 0.3 is 18.0 Å². The molecule has 0 aromatic rings. The third-order valence-corrected chi connectivity index (χ3v) is 0. The van der Waals surface area contributed by atoms with Crippen molar-refractivity contribution in [1.29, 1.82) is 0 Å². The fourth-order valence-corrected chi connectivity index (χ4v) is 0. The van der Waals surface area contributed by atoms with Crippen LogP contribution in [0.1, 0.15) is 0 Å². The van der Waals surface area contributed by atoms with Crippen LogP contribution in [0.4, 0.5) is 0 Å². The summed E-state index contributed by atoms with van der Waals surface area (Å²) in [5.74, 6) is 0.